The molecular weight excluding hydrogens is 456 g/mol. The summed E-state index contributed by atoms with van der Waals surface area (Å²) >= 11 is 0. The van der Waals surface area contributed by atoms with Gasteiger partial charge in [-0.1, -0.05) is 0 Å². The molecule has 2 saturated heterocycles. The van der Waals surface area contributed by atoms with Gasteiger partial charge in [-0.05, 0) is 68.2 Å². The van der Waals surface area contributed by atoms with Gasteiger partial charge in [0.05, 0.1) is 12.6 Å². The van der Waals surface area contributed by atoms with E-state index in [1.165, 1.54) is 10.7 Å². The van der Waals surface area contributed by atoms with E-state index < -0.39 is 21.6 Å². The number of hydrogen-bond acceptors (Lipinski definition) is 7. The van der Waals surface area contributed by atoms with E-state index in [-0.39, 0.29) is 4.90 Å². The molecule has 1 aromatic heterocycles. The largest absolute Gasteiger partial charge is 0.496 e. The number of piperidine rings is 1. The van der Waals surface area contributed by atoms with E-state index in [1.807, 2.05) is 6.07 Å². The molecule has 2 spiro atoms. The Bertz CT molecular complexity index is 1210. The Morgan fingerprint density at radius 2 is 1.71 bits per heavy atom. The van der Waals surface area contributed by atoms with Crippen LogP contribution in [0.15, 0.2) is 35.4 Å². The minimum Gasteiger partial charge on any atom is -0.496 e. The molecule has 0 radical (unpaired) electrons. The van der Waals surface area contributed by atoms with Gasteiger partial charge in [0.2, 0.25) is 21.6 Å². The third-order valence-electron chi connectivity index (χ3n) is 8.96. The molecule has 1 aromatic carbocycles. The minimum absolute atomic E-state index is 0.196. The van der Waals surface area contributed by atoms with Gasteiger partial charge in [0, 0.05) is 49.4 Å². The zero-order chi connectivity index (χ0) is 23.1. The lowest BCUT2D eigenvalue weighted by Gasteiger charge is -2.57. The maximum atomic E-state index is 13.6. The van der Waals surface area contributed by atoms with Crippen molar-refractivity contribution in [2.75, 3.05) is 20.2 Å². The predicted octanol–water partition coefficient (Wildman–Crippen LogP) is 3.86. The summed E-state index contributed by atoms with van der Waals surface area (Å²) in [6, 6.07) is 6.88. The summed E-state index contributed by atoms with van der Waals surface area (Å²) in [7, 11) is -2.18. The Kier molecular flexibility index (Phi) is 4.66. The van der Waals surface area contributed by atoms with Crippen molar-refractivity contribution in [1.82, 2.24) is 9.29 Å². The average Bonchev–Trinajstić information content (AvgIpc) is 3.21. The van der Waals surface area contributed by atoms with E-state index in [1.54, 1.807) is 31.5 Å². The van der Waals surface area contributed by atoms with E-state index >= 15 is 0 Å². The average molecular weight is 487 g/mol. The quantitative estimate of drug-likeness (QED) is 0.609. The van der Waals surface area contributed by atoms with Crippen LogP contribution in [0, 0.1) is 23.7 Å². The van der Waals surface area contributed by atoms with Crippen LogP contribution in [-0.4, -0.2) is 49.5 Å². The highest BCUT2D eigenvalue weighted by molar-refractivity contribution is 7.89. The van der Waals surface area contributed by atoms with Crippen molar-refractivity contribution < 1.29 is 27.7 Å². The molecule has 2 aromatic rings. The SMILES string of the molecule is COc1ccc(S(=O)(=O)N2CCC3(CC2)OOC2(O3)C3CC4CC(C3)CC2C4)c2ncccc12. The smallest absolute Gasteiger partial charge is 0.245 e. The molecule has 0 amide bonds. The fourth-order valence-electron chi connectivity index (χ4n) is 7.51. The first kappa shape index (κ1) is 21.5. The molecule has 4 aliphatic carbocycles. The van der Waals surface area contributed by atoms with Gasteiger partial charge < -0.3 is 9.47 Å². The molecule has 3 heterocycles. The molecule has 8 rings (SSSR count). The Hall–Kier alpha value is -1.78. The third-order valence-corrected chi connectivity index (χ3v) is 10.9. The molecule has 0 unspecified atom stereocenters. The highest BCUT2D eigenvalue weighted by Gasteiger charge is 2.67. The second-order valence-electron chi connectivity index (χ2n) is 10.8. The van der Waals surface area contributed by atoms with Crippen LogP contribution < -0.4 is 4.74 Å². The highest BCUT2D eigenvalue weighted by atomic mass is 32.2. The van der Waals surface area contributed by atoms with Gasteiger partial charge in [-0.2, -0.15) is 14.1 Å². The van der Waals surface area contributed by atoms with Gasteiger partial charge in [0.15, 0.2) is 0 Å². The van der Waals surface area contributed by atoms with Crippen LogP contribution in [0.4, 0.5) is 0 Å². The van der Waals surface area contributed by atoms with E-state index in [2.05, 4.69) is 4.98 Å². The molecule has 8 nitrogen and oxygen atoms in total. The van der Waals surface area contributed by atoms with Crippen LogP contribution in [0.5, 0.6) is 5.75 Å². The molecule has 0 atom stereocenters. The number of methoxy groups -OCH3 is 1. The maximum absolute atomic E-state index is 13.6. The molecule has 182 valence electrons. The lowest BCUT2D eigenvalue weighted by Crippen LogP contribution is -2.59. The summed E-state index contributed by atoms with van der Waals surface area (Å²) in [5.41, 5.74) is 0.423. The molecular formula is C25H30N2O6S. The molecule has 9 heteroatoms. The standard InChI is InChI=1S/C25H30N2O6S/c1-30-21-4-5-22(23-20(21)3-2-8-26-23)34(28,29)27-9-6-24(7-10-27)31-25(33-32-24)18-12-16-11-17(14-18)15-19(25)13-16/h2-5,8,16-19H,6-7,9-15H2,1H3. The van der Waals surface area contributed by atoms with Crippen molar-refractivity contribution >= 4 is 20.9 Å². The Morgan fingerprint density at radius 3 is 2.38 bits per heavy atom. The van der Waals surface area contributed by atoms with Crippen molar-refractivity contribution in [2.24, 2.45) is 23.7 Å². The highest BCUT2D eigenvalue weighted by Crippen LogP contribution is 2.63. The summed E-state index contributed by atoms with van der Waals surface area (Å²) in [6.07, 6.45) is 8.48. The van der Waals surface area contributed by atoms with Crippen molar-refractivity contribution in [2.45, 2.75) is 61.4 Å². The number of pyridine rings is 1. The summed E-state index contributed by atoms with van der Waals surface area (Å²) in [5.74, 6) is 1.49. The summed E-state index contributed by atoms with van der Waals surface area (Å²) in [5, 5.41) is 0.680. The predicted molar refractivity (Wildman–Crippen MR) is 122 cm³/mol. The van der Waals surface area contributed by atoms with Crippen LogP contribution in [0.3, 0.4) is 0 Å². The number of nitrogens with zero attached hydrogens (tertiary/aromatic N) is 2. The van der Waals surface area contributed by atoms with Crippen molar-refractivity contribution in [1.29, 1.82) is 0 Å². The first-order chi connectivity index (χ1) is 16.4. The minimum atomic E-state index is -3.75. The fourth-order valence-corrected chi connectivity index (χ4v) is 9.10. The first-order valence-electron chi connectivity index (χ1n) is 12.4. The normalized spacial score (nSPS) is 36.6. The van der Waals surface area contributed by atoms with E-state index in [0.29, 0.717) is 54.4 Å². The van der Waals surface area contributed by atoms with Gasteiger partial charge in [-0.3, -0.25) is 4.98 Å². The first-order valence-corrected chi connectivity index (χ1v) is 13.9. The van der Waals surface area contributed by atoms with Crippen LogP contribution in [0.2, 0.25) is 0 Å². The van der Waals surface area contributed by atoms with Gasteiger partial charge in [0.25, 0.3) is 0 Å². The molecule has 2 aliphatic heterocycles. The zero-order valence-electron chi connectivity index (χ0n) is 19.3. The van der Waals surface area contributed by atoms with E-state index in [0.717, 1.165) is 37.5 Å². The number of fused-ring (bicyclic) bond motifs is 1. The number of aromatic nitrogens is 1. The molecule has 4 bridgehead atoms. The lowest BCUT2D eigenvalue weighted by molar-refractivity contribution is -0.390. The maximum Gasteiger partial charge on any atom is 0.245 e. The Balaban J connectivity index is 1.12. The van der Waals surface area contributed by atoms with Crippen LogP contribution in [0.25, 0.3) is 10.9 Å². The lowest BCUT2D eigenvalue weighted by atomic mass is 9.53. The van der Waals surface area contributed by atoms with E-state index in [9.17, 15) is 8.42 Å². The molecule has 4 saturated carbocycles. The Morgan fingerprint density at radius 1 is 1.00 bits per heavy atom. The topological polar surface area (TPSA) is 87.2 Å². The van der Waals surface area contributed by atoms with Gasteiger partial charge in [-0.25, -0.2) is 8.42 Å². The number of sulfonamides is 1. The number of benzene rings is 1. The van der Waals surface area contributed by atoms with Crippen molar-refractivity contribution in [3.63, 3.8) is 0 Å². The van der Waals surface area contributed by atoms with Gasteiger partial charge in [0.1, 0.15) is 10.6 Å². The summed E-state index contributed by atoms with van der Waals surface area (Å²) < 4.78 is 40.9. The van der Waals surface area contributed by atoms with Gasteiger partial charge >= 0.3 is 0 Å². The summed E-state index contributed by atoms with van der Waals surface area (Å²) in [6.45, 7) is 0.616. The van der Waals surface area contributed by atoms with Crippen LogP contribution >= 0.6 is 0 Å². The molecule has 6 fully saturated rings. The second kappa shape index (κ2) is 7.36. The third kappa shape index (κ3) is 2.97. The molecule has 6 aliphatic rings. The molecule has 0 N–H and O–H groups in total. The second-order valence-corrected chi connectivity index (χ2v) is 12.7. The van der Waals surface area contributed by atoms with Crippen LogP contribution in [-0.2, 0) is 24.5 Å². The Labute approximate surface area is 199 Å². The fraction of sp³-hybridized carbons (Fsp3) is 0.640. The number of rotatable bonds is 3. The van der Waals surface area contributed by atoms with Gasteiger partial charge in [-0.15, -0.1) is 0 Å². The van der Waals surface area contributed by atoms with Crippen molar-refractivity contribution in [3.05, 3.63) is 30.5 Å². The molecule has 34 heavy (non-hydrogen) atoms. The number of hydrogen-bond donors (Lipinski definition) is 0. The zero-order valence-corrected chi connectivity index (χ0v) is 20.1. The monoisotopic (exact) mass is 486 g/mol. The number of ether oxygens (including phenoxy) is 2. The van der Waals surface area contributed by atoms with Crippen LogP contribution in [0.1, 0.15) is 44.9 Å². The summed E-state index contributed by atoms with van der Waals surface area (Å²) in [4.78, 5) is 16.6. The van der Waals surface area contributed by atoms with Crippen molar-refractivity contribution in [3.8, 4) is 5.75 Å². The van der Waals surface area contributed by atoms with E-state index in [4.69, 9.17) is 19.2 Å².